The zero-order valence-electron chi connectivity index (χ0n) is 14.3. The Bertz CT molecular complexity index is 837. The number of hydrogen-bond donors (Lipinski definition) is 0. The van der Waals surface area contributed by atoms with Crippen LogP contribution in [0.15, 0.2) is 9.95 Å². The Morgan fingerprint density at radius 2 is 2.00 bits per heavy atom. The maximum absolute atomic E-state index is 12.6. The van der Waals surface area contributed by atoms with Crippen molar-refractivity contribution in [3.63, 3.8) is 0 Å². The molecule has 1 unspecified atom stereocenters. The van der Waals surface area contributed by atoms with Gasteiger partial charge in [-0.3, -0.25) is 14.2 Å². The van der Waals surface area contributed by atoms with Gasteiger partial charge in [0.1, 0.15) is 4.83 Å². The summed E-state index contributed by atoms with van der Waals surface area (Å²) < 4.78 is 6.84. The number of hydrogen-bond acceptors (Lipinski definition) is 6. The van der Waals surface area contributed by atoms with Crippen LogP contribution in [-0.4, -0.2) is 51.9 Å². The summed E-state index contributed by atoms with van der Waals surface area (Å²) in [5.74, 6) is 0.0659. The van der Waals surface area contributed by atoms with Gasteiger partial charge in [-0.2, -0.15) is 0 Å². The number of carbonyl (C=O) groups is 1. The molecular formula is C16H21N3O3S2. The normalized spacial score (nSPS) is 16.6. The van der Waals surface area contributed by atoms with Gasteiger partial charge in [0.15, 0.2) is 5.16 Å². The standard InChI is InChI=1S/C16H21N3O3S2/c1-9-10(2)23-13-12(9)15(21)18(4)16(17-13)24-11(3)14(20)19-5-7-22-8-6-19/h11H,5-8H2,1-4H3. The fourth-order valence-corrected chi connectivity index (χ4v) is 4.74. The molecule has 1 atom stereocenters. The second-order valence-corrected chi connectivity index (χ2v) is 8.43. The second-order valence-electron chi connectivity index (χ2n) is 5.92. The van der Waals surface area contributed by atoms with Crippen LogP contribution in [0.2, 0.25) is 0 Å². The topological polar surface area (TPSA) is 64.4 Å². The predicted molar refractivity (Wildman–Crippen MR) is 97.1 cm³/mol. The minimum absolute atomic E-state index is 0.0460. The molecule has 0 radical (unpaired) electrons. The monoisotopic (exact) mass is 367 g/mol. The minimum atomic E-state index is -0.291. The van der Waals surface area contributed by atoms with Crippen molar-refractivity contribution in [1.29, 1.82) is 0 Å². The number of aryl methyl sites for hydroxylation is 2. The van der Waals surface area contributed by atoms with E-state index in [1.807, 2.05) is 25.7 Å². The van der Waals surface area contributed by atoms with Gasteiger partial charge in [-0.25, -0.2) is 4.98 Å². The van der Waals surface area contributed by atoms with E-state index in [1.54, 1.807) is 11.6 Å². The number of rotatable bonds is 3. The van der Waals surface area contributed by atoms with E-state index in [0.717, 1.165) is 15.3 Å². The van der Waals surface area contributed by atoms with Crippen LogP contribution in [0.5, 0.6) is 0 Å². The molecule has 2 aromatic heterocycles. The van der Waals surface area contributed by atoms with Gasteiger partial charge >= 0.3 is 0 Å². The molecule has 24 heavy (non-hydrogen) atoms. The number of nitrogens with zero attached hydrogens (tertiary/aromatic N) is 3. The number of morpholine rings is 1. The van der Waals surface area contributed by atoms with Crippen molar-refractivity contribution in [2.45, 2.75) is 31.2 Å². The Kier molecular flexibility index (Phi) is 4.98. The van der Waals surface area contributed by atoms with Crippen molar-refractivity contribution in [3.8, 4) is 0 Å². The highest BCUT2D eigenvalue weighted by Gasteiger charge is 2.25. The Morgan fingerprint density at radius 3 is 2.67 bits per heavy atom. The number of carbonyl (C=O) groups excluding carboxylic acids is 1. The first kappa shape index (κ1) is 17.4. The average molecular weight is 367 g/mol. The Morgan fingerprint density at radius 1 is 1.33 bits per heavy atom. The molecule has 3 heterocycles. The van der Waals surface area contributed by atoms with E-state index in [4.69, 9.17) is 4.74 Å². The van der Waals surface area contributed by atoms with Gasteiger partial charge in [0.25, 0.3) is 5.56 Å². The molecule has 0 saturated carbocycles. The summed E-state index contributed by atoms with van der Waals surface area (Å²) in [5, 5.41) is 0.986. The summed E-state index contributed by atoms with van der Waals surface area (Å²) in [5.41, 5.74) is 0.951. The molecule has 8 heteroatoms. The maximum Gasteiger partial charge on any atom is 0.262 e. The third-order valence-corrected chi connectivity index (χ3v) is 6.55. The smallest absolute Gasteiger partial charge is 0.262 e. The average Bonchev–Trinajstić information content (AvgIpc) is 2.86. The van der Waals surface area contributed by atoms with Crippen LogP contribution < -0.4 is 5.56 Å². The van der Waals surface area contributed by atoms with Crippen LogP contribution in [-0.2, 0) is 16.6 Å². The molecular weight excluding hydrogens is 346 g/mol. The lowest BCUT2D eigenvalue weighted by atomic mass is 10.2. The third-order valence-electron chi connectivity index (χ3n) is 4.32. The van der Waals surface area contributed by atoms with Crippen LogP contribution in [0, 0.1) is 13.8 Å². The van der Waals surface area contributed by atoms with Crippen molar-refractivity contribution >= 4 is 39.2 Å². The number of thiophene rings is 1. The van der Waals surface area contributed by atoms with E-state index in [1.165, 1.54) is 23.1 Å². The van der Waals surface area contributed by atoms with Crippen molar-refractivity contribution in [1.82, 2.24) is 14.5 Å². The van der Waals surface area contributed by atoms with Gasteiger partial charge in [0.2, 0.25) is 5.91 Å². The first-order chi connectivity index (χ1) is 11.4. The summed E-state index contributed by atoms with van der Waals surface area (Å²) in [7, 11) is 1.72. The Balaban J connectivity index is 1.88. The predicted octanol–water partition coefficient (Wildman–Crippen LogP) is 1.95. The van der Waals surface area contributed by atoms with E-state index in [-0.39, 0.29) is 16.7 Å². The first-order valence-electron chi connectivity index (χ1n) is 7.90. The summed E-state index contributed by atoms with van der Waals surface area (Å²) >= 11 is 2.87. The first-order valence-corrected chi connectivity index (χ1v) is 9.59. The van der Waals surface area contributed by atoms with Crippen LogP contribution >= 0.6 is 23.1 Å². The summed E-state index contributed by atoms with van der Waals surface area (Å²) in [6.07, 6.45) is 0. The fraction of sp³-hybridized carbons (Fsp3) is 0.562. The molecule has 0 N–H and O–H groups in total. The van der Waals surface area contributed by atoms with E-state index in [9.17, 15) is 9.59 Å². The van der Waals surface area contributed by atoms with E-state index < -0.39 is 0 Å². The number of thioether (sulfide) groups is 1. The lowest BCUT2D eigenvalue weighted by Crippen LogP contribution is -2.44. The zero-order valence-corrected chi connectivity index (χ0v) is 15.9. The lowest BCUT2D eigenvalue weighted by Gasteiger charge is -2.29. The SMILES string of the molecule is Cc1sc2nc(SC(C)C(=O)N3CCOCC3)n(C)c(=O)c2c1C. The van der Waals surface area contributed by atoms with E-state index in [0.29, 0.717) is 36.8 Å². The van der Waals surface area contributed by atoms with Gasteiger partial charge in [-0.1, -0.05) is 11.8 Å². The highest BCUT2D eigenvalue weighted by atomic mass is 32.2. The number of ether oxygens (including phenoxy) is 1. The Hall–Kier alpha value is -1.38. The molecule has 2 aromatic rings. The number of aromatic nitrogens is 2. The highest BCUT2D eigenvalue weighted by Crippen LogP contribution is 2.29. The van der Waals surface area contributed by atoms with Crippen molar-refractivity contribution in [2.24, 2.45) is 7.05 Å². The largest absolute Gasteiger partial charge is 0.378 e. The van der Waals surface area contributed by atoms with Gasteiger partial charge < -0.3 is 9.64 Å². The van der Waals surface area contributed by atoms with Crippen LogP contribution in [0.25, 0.3) is 10.2 Å². The lowest BCUT2D eigenvalue weighted by molar-refractivity contribution is -0.134. The van der Waals surface area contributed by atoms with Crippen LogP contribution in [0.1, 0.15) is 17.4 Å². The molecule has 1 saturated heterocycles. The van der Waals surface area contributed by atoms with Crippen molar-refractivity contribution in [2.75, 3.05) is 26.3 Å². The summed E-state index contributed by atoms with van der Waals surface area (Å²) in [6, 6.07) is 0. The van der Waals surface area contributed by atoms with Crippen molar-refractivity contribution < 1.29 is 9.53 Å². The van der Waals surface area contributed by atoms with Gasteiger partial charge in [-0.05, 0) is 26.3 Å². The summed E-state index contributed by atoms with van der Waals surface area (Å²) in [6.45, 7) is 8.23. The quantitative estimate of drug-likeness (QED) is 0.613. The van der Waals surface area contributed by atoms with Crippen molar-refractivity contribution in [3.05, 3.63) is 20.8 Å². The van der Waals surface area contributed by atoms with Gasteiger partial charge in [-0.15, -0.1) is 11.3 Å². The molecule has 1 amide bonds. The molecule has 1 aliphatic rings. The molecule has 0 aromatic carbocycles. The van der Waals surface area contributed by atoms with Crippen LogP contribution in [0.4, 0.5) is 0 Å². The minimum Gasteiger partial charge on any atom is -0.378 e. The molecule has 130 valence electrons. The highest BCUT2D eigenvalue weighted by molar-refractivity contribution is 8.00. The van der Waals surface area contributed by atoms with Crippen LogP contribution in [0.3, 0.4) is 0 Å². The van der Waals surface area contributed by atoms with E-state index >= 15 is 0 Å². The summed E-state index contributed by atoms with van der Waals surface area (Å²) in [4.78, 5) is 33.5. The molecule has 0 aliphatic carbocycles. The molecule has 6 nitrogen and oxygen atoms in total. The molecule has 0 bridgehead atoms. The number of fused-ring (bicyclic) bond motifs is 1. The van der Waals surface area contributed by atoms with E-state index in [2.05, 4.69) is 4.98 Å². The molecule has 0 spiro atoms. The molecule has 3 rings (SSSR count). The zero-order chi connectivity index (χ0) is 17.4. The van der Waals surface area contributed by atoms with Gasteiger partial charge in [0, 0.05) is 25.0 Å². The molecule has 1 fully saturated rings. The maximum atomic E-state index is 12.6. The Labute approximate surface area is 148 Å². The molecule has 1 aliphatic heterocycles. The second kappa shape index (κ2) is 6.85. The number of amides is 1. The van der Waals surface area contributed by atoms with Gasteiger partial charge in [0.05, 0.1) is 23.8 Å². The third kappa shape index (κ3) is 3.10. The fourth-order valence-electron chi connectivity index (χ4n) is 2.71.